The van der Waals surface area contributed by atoms with Gasteiger partial charge in [0.1, 0.15) is 24.1 Å². The number of nitrogens with zero attached hydrogens (tertiary/aromatic N) is 2. The first-order valence-corrected chi connectivity index (χ1v) is 14.5. The molecule has 0 aliphatic carbocycles. The molecule has 0 unspecified atom stereocenters. The molecule has 1 atom stereocenters. The zero-order valence-electron chi connectivity index (χ0n) is 24.6. The summed E-state index contributed by atoms with van der Waals surface area (Å²) >= 11 is 1.24. The number of rotatable bonds is 10. The molecule has 3 aromatic carbocycles. The monoisotopic (exact) mass is 600 g/mol. The van der Waals surface area contributed by atoms with Crippen molar-refractivity contribution in [3.8, 4) is 23.0 Å². The Morgan fingerprint density at radius 3 is 2.42 bits per heavy atom. The first kappa shape index (κ1) is 29.7. The number of ether oxygens (including phenoxy) is 5. The molecule has 2 heterocycles. The molecular weight excluding hydrogens is 568 g/mol. The number of carbonyl (C=O) groups excluding carboxylic acids is 1. The quantitative estimate of drug-likeness (QED) is 0.249. The predicted molar refractivity (Wildman–Crippen MR) is 164 cm³/mol. The normalized spacial score (nSPS) is 14.5. The second kappa shape index (κ2) is 13.0. The van der Waals surface area contributed by atoms with E-state index in [2.05, 4.69) is 4.99 Å². The van der Waals surface area contributed by atoms with Crippen LogP contribution in [0, 0.1) is 0 Å². The Morgan fingerprint density at radius 1 is 0.953 bits per heavy atom. The number of esters is 1. The zero-order chi connectivity index (χ0) is 30.5. The van der Waals surface area contributed by atoms with Crippen LogP contribution in [0.25, 0.3) is 6.08 Å². The van der Waals surface area contributed by atoms with Crippen LogP contribution in [0.5, 0.6) is 23.0 Å². The Hall–Kier alpha value is -4.83. The standard InChI is InChI=1S/C33H32N2O7S/c1-6-41-32(37)29-20(2)34-33-35(30(29)24-14-13-23(38-3)18-26(24)39-4)31(36)28(43-33)17-22-12-15-25(27(16-22)40-5)42-19-21-10-8-7-9-11-21/h7-18,30H,6,19H2,1-5H3/b28-17+/t30-/m0/s1. The molecule has 0 bridgehead atoms. The molecule has 9 nitrogen and oxygen atoms in total. The minimum Gasteiger partial charge on any atom is -0.497 e. The molecule has 0 saturated carbocycles. The highest BCUT2D eigenvalue weighted by atomic mass is 32.1. The first-order valence-electron chi connectivity index (χ1n) is 13.6. The van der Waals surface area contributed by atoms with Gasteiger partial charge in [0.2, 0.25) is 0 Å². The van der Waals surface area contributed by atoms with E-state index in [1.54, 1.807) is 52.3 Å². The van der Waals surface area contributed by atoms with E-state index in [4.69, 9.17) is 23.7 Å². The van der Waals surface area contributed by atoms with Crippen molar-refractivity contribution in [1.82, 2.24) is 4.57 Å². The smallest absolute Gasteiger partial charge is 0.338 e. The van der Waals surface area contributed by atoms with Crippen molar-refractivity contribution in [3.63, 3.8) is 0 Å². The zero-order valence-corrected chi connectivity index (χ0v) is 25.4. The molecule has 0 amide bonds. The highest BCUT2D eigenvalue weighted by molar-refractivity contribution is 7.07. The number of benzene rings is 3. The Labute approximate surface area is 252 Å². The van der Waals surface area contributed by atoms with E-state index >= 15 is 0 Å². The number of fused-ring (bicyclic) bond motifs is 1. The van der Waals surface area contributed by atoms with E-state index in [0.717, 1.165) is 11.1 Å². The highest BCUT2D eigenvalue weighted by Gasteiger charge is 2.35. The van der Waals surface area contributed by atoms with Crippen LogP contribution in [-0.2, 0) is 16.1 Å². The summed E-state index contributed by atoms with van der Waals surface area (Å²) in [5.41, 5.74) is 2.82. The van der Waals surface area contributed by atoms with Crippen LogP contribution < -0.4 is 33.8 Å². The number of methoxy groups -OCH3 is 3. The van der Waals surface area contributed by atoms with Crippen molar-refractivity contribution in [2.24, 2.45) is 4.99 Å². The molecule has 222 valence electrons. The number of carbonyl (C=O) groups is 1. The molecule has 0 N–H and O–H groups in total. The number of thiazole rings is 1. The van der Waals surface area contributed by atoms with Gasteiger partial charge >= 0.3 is 5.97 Å². The van der Waals surface area contributed by atoms with Gasteiger partial charge in [0.25, 0.3) is 5.56 Å². The summed E-state index contributed by atoms with van der Waals surface area (Å²) in [5.74, 6) is 1.63. The van der Waals surface area contributed by atoms with Gasteiger partial charge in [-0.15, -0.1) is 0 Å². The maximum atomic E-state index is 14.0. The van der Waals surface area contributed by atoms with E-state index < -0.39 is 12.0 Å². The Morgan fingerprint density at radius 2 is 1.72 bits per heavy atom. The Bertz CT molecular complexity index is 1860. The minimum atomic E-state index is -0.818. The first-order chi connectivity index (χ1) is 20.9. The predicted octanol–water partition coefficient (Wildman–Crippen LogP) is 4.40. The van der Waals surface area contributed by atoms with Gasteiger partial charge in [0.15, 0.2) is 16.3 Å². The fourth-order valence-corrected chi connectivity index (χ4v) is 5.96. The lowest BCUT2D eigenvalue weighted by Crippen LogP contribution is -2.40. The van der Waals surface area contributed by atoms with Crippen molar-refractivity contribution in [2.45, 2.75) is 26.5 Å². The Balaban J connectivity index is 1.59. The van der Waals surface area contributed by atoms with Crippen LogP contribution in [0.1, 0.15) is 36.6 Å². The van der Waals surface area contributed by atoms with Crippen molar-refractivity contribution in [1.29, 1.82) is 0 Å². The second-order valence-corrected chi connectivity index (χ2v) is 10.6. The lowest BCUT2D eigenvalue weighted by Gasteiger charge is -2.26. The van der Waals surface area contributed by atoms with E-state index in [1.807, 2.05) is 48.5 Å². The van der Waals surface area contributed by atoms with Crippen molar-refractivity contribution < 1.29 is 28.5 Å². The topological polar surface area (TPSA) is 97.6 Å². The SMILES string of the molecule is CCOC(=O)C1=C(C)N=c2s/c(=C/c3ccc(OCc4ccccc4)c(OC)c3)c(=O)n2[C@H]1c1ccc(OC)cc1OC. The molecule has 1 aliphatic heterocycles. The third-order valence-corrected chi connectivity index (χ3v) is 7.96. The molecule has 4 aromatic rings. The van der Waals surface area contributed by atoms with Gasteiger partial charge in [0, 0.05) is 11.6 Å². The Kier molecular flexibility index (Phi) is 8.96. The van der Waals surface area contributed by atoms with Crippen LogP contribution >= 0.6 is 11.3 Å². The lowest BCUT2D eigenvalue weighted by atomic mass is 9.95. The summed E-state index contributed by atoms with van der Waals surface area (Å²) < 4.78 is 30.0. The molecule has 10 heteroatoms. The van der Waals surface area contributed by atoms with Crippen LogP contribution in [0.15, 0.2) is 87.8 Å². The van der Waals surface area contributed by atoms with Gasteiger partial charge in [-0.2, -0.15) is 0 Å². The van der Waals surface area contributed by atoms with Gasteiger partial charge in [-0.05, 0) is 55.3 Å². The van der Waals surface area contributed by atoms with Gasteiger partial charge in [-0.3, -0.25) is 9.36 Å². The molecule has 1 aromatic heterocycles. The number of hydrogen-bond donors (Lipinski definition) is 0. The largest absolute Gasteiger partial charge is 0.497 e. The summed E-state index contributed by atoms with van der Waals surface area (Å²) in [5, 5.41) is 0. The van der Waals surface area contributed by atoms with E-state index in [9.17, 15) is 9.59 Å². The van der Waals surface area contributed by atoms with Crippen molar-refractivity contribution in [3.05, 3.63) is 114 Å². The van der Waals surface area contributed by atoms with Crippen molar-refractivity contribution >= 4 is 23.4 Å². The summed E-state index contributed by atoms with van der Waals surface area (Å²) in [4.78, 5) is 32.4. The van der Waals surface area contributed by atoms with Gasteiger partial charge in [-0.1, -0.05) is 47.7 Å². The molecule has 0 fully saturated rings. The van der Waals surface area contributed by atoms with Crippen molar-refractivity contribution in [2.75, 3.05) is 27.9 Å². The van der Waals surface area contributed by atoms with E-state index in [-0.39, 0.29) is 17.7 Å². The molecule has 0 saturated heterocycles. The van der Waals surface area contributed by atoms with Gasteiger partial charge in [0.05, 0.1) is 43.7 Å². The fraction of sp³-hybridized carbons (Fsp3) is 0.242. The maximum absolute atomic E-state index is 14.0. The van der Waals surface area contributed by atoms with Crippen LogP contribution in [0.3, 0.4) is 0 Å². The van der Waals surface area contributed by atoms with Gasteiger partial charge in [-0.25, -0.2) is 9.79 Å². The third kappa shape index (κ3) is 6.05. The number of aromatic nitrogens is 1. The third-order valence-electron chi connectivity index (χ3n) is 6.97. The van der Waals surface area contributed by atoms with Crippen LogP contribution in [0.4, 0.5) is 0 Å². The lowest BCUT2D eigenvalue weighted by molar-refractivity contribution is -0.139. The summed E-state index contributed by atoms with van der Waals surface area (Å²) in [7, 11) is 4.66. The molecule has 0 spiro atoms. The molecular formula is C33H32N2O7S. The van der Waals surface area contributed by atoms with Gasteiger partial charge < -0.3 is 23.7 Å². The average molecular weight is 601 g/mol. The fourth-order valence-electron chi connectivity index (χ4n) is 4.91. The molecule has 43 heavy (non-hydrogen) atoms. The minimum absolute atomic E-state index is 0.180. The van der Waals surface area contributed by atoms with Crippen LogP contribution in [0.2, 0.25) is 0 Å². The summed E-state index contributed by atoms with van der Waals surface area (Å²) in [6.45, 7) is 4.05. The molecule has 5 rings (SSSR count). The summed E-state index contributed by atoms with van der Waals surface area (Å²) in [6, 6.07) is 19.8. The second-order valence-electron chi connectivity index (χ2n) is 9.59. The number of allylic oxidation sites excluding steroid dienone is 1. The van der Waals surface area contributed by atoms with E-state index in [0.29, 0.717) is 50.2 Å². The number of hydrogen-bond acceptors (Lipinski definition) is 9. The summed E-state index contributed by atoms with van der Waals surface area (Å²) in [6.07, 6.45) is 1.78. The maximum Gasteiger partial charge on any atom is 0.338 e. The highest BCUT2D eigenvalue weighted by Crippen LogP contribution is 2.37. The van der Waals surface area contributed by atoms with E-state index in [1.165, 1.54) is 23.0 Å². The molecule has 0 radical (unpaired) electrons. The molecule has 1 aliphatic rings. The average Bonchev–Trinajstić information content (AvgIpc) is 3.33. The van der Waals surface area contributed by atoms with Crippen LogP contribution in [-0.4, -0.2) is 38.5 Å².